The van der Waals surface area contributed by atoms with Crippen LogP contribution in [0.5, 0.6) is 0 Å². The average molecular weight is 283 g/mol. The largest absolute Gasteiger partial charge is 0.337 e. The molecule has 1 aliphatic carbocycles. The Kier molecular flexibility index (Phi) is 4.82. The molecule has 110 valence electrons. The molecule has 1 aromatic rings. The molecule has 0 fully saturated rings. The molecule has 1 unspecified atom stereocenters. The first kappa shape index (κ1) is 14.9. The summed E-state index contributed by atoms with van der Waals surface area (Å²) in [7, 11) is 0. The van der Waals surface area contributed by atoms with Crippen molar-refractivity contribution in [2.24, 2.45) is 5.92 Å². The highest BCUT2D eigenvalue weighted by Gasteiger charge is 2.14. The van der Waals surface area contributed by atoms with E-state index in [1.807, 2.05) is 44.2 Å². The number of hydrogen-bond acceptors (Lipinski definition) is 2. The van der Waals surface area contributed by atoms with Gasteiger partial charge in [-0.2, -0.15) is 0 Å². The predicted molar refractivity (Wildman–Crippen MR) is 86.5 cm³/mol. The van der Waals surface area contributed by atoms with Crippen molar-refractivity contribution in [3.05, 3.63) is 65.9 Å². The number of anilines is 1. The maximum absolute atomic E-state index is 11.8. The lowest BCUT2D eigenvalue weighted by Crippen LogP contribution is -2.40. The highest BCUT2D eigenvalue weighted by atomic mass is 16.2. The molecule has 1 atom stereocenters. The summed E-state index contributed by atoms with van der Waals surface area (Å²) in [6.07, 6.45) is 5.21. The summed E-state index contributed by atoms with van der Waals surface area (Å²) in [5, 5.41) is 2.75. The van der Waals surface area contributed by atoms with Crippen LogP contribution in [0.2, 0.25) is 0 Å². The lowest BCUT2D eigenvalue weighted by molar-refractivity contribution is 0.249. The van der Waals surface area contributed by atoms with Crippen molar-refractivity contribution in [1.82, 2.24) is 10.9 Å². The zero-order chi connectivity index (χ0) is 15.2. The minimum absolute atomic E-state index is 0.299. The summed E-state index contributed by atoms with van der Waals surface area (Å²) in [6.45, 7) is 8.02. The highest BCUT2D eigenvalue weighted by molar-refractivity contribution is 5.88. The zero-order valence-electron chi connectivity index (χ0n) is 12.4. The highest BCUT2D eigenvalue weighted by Crippen LogP contribution is 2.25. The Hall–Kier alpha value is -2.49. The minimum Gasteiger partial charge on any atom is -0.307 e. The Balaban J connectivity index is 1.91. The van der Waals surface area contributed by atoms with Crippen molar-refractivity contribution < 1.29 is 4.79 Å². The van der Waals surface area contributed by atoms with Gasteiger partial charge in [0, 0.05) is 11.6 Å². The van der Waals surface area contributed by atoms with Gasteiger partial charge in [-0.05, 0) is 38.0 Å². The molecule has 2 rings (SSSR count). The quantitative estimate of drug-likeness (QED) is 0.582. The monoisotopic (exact) mass is 283 g/mol. The van der Waals surface area contributed by atoms with Crippen LogP contribution in [-0.2, 0) is 0 Å². The molecule has 21 heavy (non-hydrogen) atoms. The molecule has 4 heteroatoms. The number of nitrogens with one attached hydrogen (secondary N) is 3. The van der Waals surface area contributed by atoms with Gasteiger partial charge in [0.05, 0.1) is 5.70 Å². The third kappa shape index (κ3) is 4.24. The number of rotatable bonds is 4. The van der Waals surface area contributed by atoms with Crippen molar-refractivity contribution in [1.29, 1.82) is 0 Å². The van der Waals surface area contributed by atoms with E-state index >= 15 is 0 Å². The van der Waals surface area contributed by atoms with Crippen LogP contribution in [0.3, 0.4) is 0 Å². The molecule has 0 aliphatic heterocycles. The average Bonchev–Trinajstić information content (AvgIpc) is 2.47. The molecule has 0 saturated carbocycles. The molecular formula is C17H21N3O. The second-order valence-electron chi connectivity index (χ2n) is 5.23. The fraction of sp³-hybridized carbons (Fsp3) is 0.235. The van der Waals surface area contributed by atoms with Gasteiger partial charge in [0.1, 0.15) is 0 Å². The fourth-order valence-electron chi connectivity index (χ4n) is 2.11. The number of urea groups is 1. The van der Waals surface area contributed by atoms with E-state index in [1.165, 1.54) is 0 Å². The number of allylic oxidation sites excluding steroid dienone is 4. The molecule has 1 aromatic carbocycles. The van der Waals surface area contributed by atoms with Crippen LogP contribution in [-0.4, -0.2) is 6.03 Å². The van der Waals surface area contributed by atoms with E-state index in [9.17, 15) is 4.79 Å². The van der Waals surface area contributed by atoms with E-state index in [4.69, 9.17) is 0 Å². The lowest BCUT2D eigenvalue weighted by Gasteiger charge is -2.21. The number of para-hydroxylation sites is 1. The van der Waals surface area contributed by atoms with Crippen molar-refractivity contribution >= 4 is 11.7 Å². The number of carbonyl (C=O) groups is 1. The summed E-state index contributed by atoms with van der Waals surface area (Å²) in [5.74, 6) is 0.315. The molecule has 0 saturated heterocycles. The van der Waals surface area contributed by atoms with Crippen molar-refractivity contribution in [3.63, 3.8) is 0 Å². The normalized spacial score (nSPS) is 17.3. The predicted octanol–water partition coefficient (Wildman–Crippen LogP) is 3.74. The Morgan fingerprint density at radius 2 is 2.00 bits per heavy atom. The van der Waals surface area contributed by atoms with Gasteiger partial charge in [0.15, 0.2) is 0 Å². The number of hydrazine groups is 1. The third-order valence-electron chi connectivity index (χ3n) is 3.45. The number of benzene rings is 1. The van der Waals surface area contributed by atoms with Gasteiger partial charge >= 0.3 is 6.03 Å². The van der Waals surface area contributed by atoms with Crippen LogP contribution in [0.15, 0.2) is 65.9 Å². The van der Waals surface area contributed by atoms with Crippen LogP contribution in [0.1, 0.15) is 20.3 Å². The minimum atomic E-state index is -0.299. The molecular weight excluding hydrogens is 262 g/mol. The second-order valence-corrected chi connectivity index (χ2v) is 5.23. The van der Waals surface area contributed by atoms with Crippen LogP contribution in [0.4, 0.5) is 10.5 Å². The first-order valence-electron chi connectivity index (χ1n) is 6.98. The number of hydrogen-bond donors (Lipinski definition) is 3. The van der Waals surface area contributed by atoms with Gasteiger partial charge in [-0.15, -0.1) is 0 Å². The Labute approximate surface area is 125 Å². The smallest absolute Gasteiger partial charge is 0.307 e. The molecule has 0 aromatic heterocycles. The zero-order valence-corrected chi connectivity index (χ0v) is 12.4. The van der Waals surface area contributed by atoms with E-state index in [-0.39, 0.29) is 6.03 Å². The molecule has 0 heterocycles. The number of amides is 2. The first-order valence-corrected chi connectivity index (χ1v) is 6.98. The molecule has 0 bridgehead atoms. The first-order chi connectivity index (χ1) is 10.1. The Bertz CT molecular complexity index is 587. The summed E-state index contributed by atoms with van der Waals surface area (Å²) < 4.78 is 0. The van der Waals surface area contributed by atoms with E-state index in [2.05, 4.69) is 34.9 Å². The van der Waals surface area contributed by atoms with Gasteiger partial charge in [-0.25, -0.2) is 4.79 Å². The molecule has 1 aliphatic rings. The fourth-order valence-corrected chi connectivity index (χ4v) is 2.11. The summed E-state index contributed by atoms with van der Waals surface area (Å²) in [4.78, 5) is 11.8. The van der Waals surface area contributed by atoms with E-state index in [0.29, 0.717) is 5.92 Å². The van der Waals surface area contributed by atoms with E-state index in [0.717, 1.165) is 29.0 Å². The molecule has 0 radical (unpaired) electrons. The molecule has 2 amide bonds. The maximum Gasteiger partial charge on any atom is 0.337 e. The van der Waals surface area contributed by atoms with Crippen LogP contribution < -0.4 is 16.2 Å². The maximum atomic E-state index is 11.8. The Morgan fingerprint density at radius 1 is 1.29 bits per heavy atom. The molecule has 0 spiro atoms. The Morgan fingerprint density at radius 3 is 2.67 bits per heavy atom. The van der Waals surface area contributed by atoms with Gasteiger partial charge in [0.25, 0.3) is 0 Å². The van der Waals surface area contributed by atoms with Crippen LogP contribution in [0, 0.1) is 5.92 Å². The van der Waals surface area contributed by atoms with E-state index < -0.39 is 0 Å². The van der Waals surface area contributed by atoms with Crippen LogP contribution in [0.25, 0.3) is 0 Å². The summed E-state index contributed by atoms with van der Waals surface area (Å²) >= 11 is 0. The van der Waals surface area contributed by atoms with Crippen molar-refractivity contribution in [2.45, 2.75) is 20.3 Å². The summed E-state index contributed by atoms with van der Waals surface area (Å²) in [6, 6.07) is 9.02. The SMILES string of the molecule is C=C(C)C1C=C(NNC(=O)Nc2ccccc2)C(C)=CC1. The third-order valence-corrected chi connectivity index (χ3v) is 3.45. The van der Waals surface area contributed by atoms with Crippen molar-refractivity contribution in [3.8, 4) is 0 Å². The summed E-state index contributed by atoms with van der Waals surface area (Å²) in [5.41, 5.74) is 9.52. The second kappa shape index (κ2) is 6.79. The topological polar surface area (TPSA) is 53.2 Å². The van der Waals surface area contributed by atoms with E-state index in [1.54, 1.807) is 0 Å². The number of carbonyl (C=O) groups excluding carboxylic acids is 1. The lowest BCUT2D eigenvalue weighted by atomic mass is 9.90. The standard InChI is InChI=1S/C17H21N3O/c1-12(2)14-10-9-13(3)16(11-14)19-20-17(21)18-15-7-5-4-6-8-15/h4-9,11,14,19H,1,10H2,2-3H3,(H2,18,20,21). The van der Waals surface area contributed by atoms with Gasteiger partial charge in [-0.1, -0.05) is 42.5 Å². The van der Waals surface area contributed by atoms with Crippen molar-refractivity contribution in [2.75, 3.05) is 5.32 Å². The van der Waals surface area contributed by atoms with Gasteiger partial charge < -0.3 is 5.32 Å². The molecule has 4 nitrogen and oxygen atoms in total. The van der Waals surface area contributed by atoms with Crippen LogP contribution >= 0.6 is 0 Å². The van der Waals surface area contributed by atoms with Gasteiger partial charge in [0.2, 0.25) is 0 Å². The molecule has 3 N–H and O–H groups in total. The van der Waals surface area contributed by atoms with Gasteiger partial charge in [-0.3, -0.25) is 10.9 Å².